The highest BCUT2D eigenvalue weighted by Gasteiger charge is 2.34. The van der Waals surface area contributed by atoms with Gasteiger partial charge in [0, 0.05) is 5.56 Å². The largest absolute Gasteiger partial charge is 0.497 e. The molecule has 5 rings (SSSR count). The van der Waals surface area contributed by atoms with E-state index in [1.807, 2.05) is 36.4 Å². The molecule has 4 nitrogen and oxygen atoms in total. The molecule has 0 spiro atoms. The third kappa shape index (κ3) is 5.62. The monoisotopic (exact) mass is 514 g/mol. The standard InChI is InChI=1S/C33H35FO4/c1-33(2)15-5-8-30(33)28-16-21(9-13-26(28)29-18-24(37-3)12-14-31(29)34)20-38-25-7-4-6-23(17-25)27(19-32(35)36)22-10-11-22/h4,6-9,12-14,16-18,22,27H,5,10-11,15,19-20H2,1-3H3,(H,35,36)/t27-/m1/s1. The van der Waals surface area contributed by atoms with Crippen molar-refractivity contribution in [2.45, 2.75) is 58.5 Å². The number of carbonyl (C=O) groups is 1. The van der Waals surface area contributed by atoms with Gasteiger partial charge in [-0.25, -0.2) is 4.39 Å². The minimum absolute atomic E-state index is 0.0140. The number of ether oxygens (including phenoxy) is 2. The van der Waals surface area contributed by atoms with Crippen LogP contribution < -0.4 is 9.47 Å². The van der Waals surface area contributed by atoms with Gasteiger partial charge in [-0.3, -0.25) is 4.79 Å². The van der Waals surface area contributed by atoms with E-state index in [4.69, 9.17) is 9.47 Å². The number of benzene rings is 3. The van der Waals surface area contributed by atoms with Gasteiger partial charge in [-0.05, 0) is 107 Å². The van der Waals surface area contributed by atoms with Crippen LogP contribution >= 0.6 is 0 Å². The lowest BCUT2D eigenvalue weighted by atomic mass is 9.79. The van der Waals surface area contributed by atoms with Crippen LogP contribution in [0.3, 0.4) is 0 Å². The van der Waals surface area contributed by atoms with Crippen molar-refractivity contribution in [3.05, 3.63) is 89.2 Å². The van der Waals surface area contributed by atoms with Gasteiger partial charge in [-0.2, -0.15) is 0 Å². The minimum Gasteiger partial charge on any atom is -0.497 e. The zero-order valence-corrected chi connectivity index (χ0v) is 22.3. The summed E-state index contributed by atoms with van der Waals surface area (Å²) in [4.78, 5) is 11.4. The first-order valence-corrected chi connectivity index (χ1v) is 13.4. The number of allylic oxidation sites excluding steroid dienone is 2. The van der Waals surface area contributed by atoms with Gasteiger partial charge in [-0.1, -0.05) is 44.2 Å². The van der Waals surface area contributed by atoms with Gasteiger partial charge in [0.15, 0.2) is 0 Å². The zero-order valence-electron chi connectivity index (χ0n) is 22.3. The first kappa shape index (κ1) is 26.0. The van der Waals surface area contributed by atoms with Gasteiger partial charge in [0.25, 0.3) is 0 Å². The van der Waals surface area contributed by atoms with E-state index < -0.39 is 5.97 Å². The van der Waals surface area contributed by atoms with Gasteiger partial charge in [0.1, 0.15) is 23.9 Å². The number of rotatable bonds is 10. The second kappa shape index (κ2) is 10.6. The van der Waals surface area contributed by atoms with Crippen molar-refractivity contribution in [2.24, 2.45) is 11.3 Å². The summed E-state index contributed by atoms with van der Waals surface area (Å²) in [6.45, 7) is 4.83. The normalized spacial score (nSPS) is 17.1. The summed E-state index contributed by atoms with van der Waals surface area (Å²) in [5.74, 6) is 0.760. The summed E-state index contributed by atoms with van der Waals surface area (Å²) in [7, 11) is 1.59. The molecule has 1 fully saturated rings. The number of hydrogen-bond acceptors (Lipinski definition) is 3. The van der Waals surface area contributed by atoms with Crippen molar-refractivity contribution in [1.82, 2.24) is 0 Å². The van der Waals surface area contributed by atoms with Gasteiger partial charge >= 0.3 is 5.97 Å². The van der Waals surface area contributed by atoms with E-state index in [2.05, 4.69) is 26.0 Å². The number of halogens is 1. The lowest BCUT2D eigenvalue weighted by molar-refractivity contribution is -0.137. The molecule has 0 amide bonds. The van der Waals surface area contributed by atoms with E-state index in [-0.39, 0.29) is 23.6 Å². The molecule has 1 atom stereocenters. The first-order chi connectivity index (χ1) is 18.2. The van der Waals surface area contributed by atoms with Crippen LogP contribution in [0.5, 0.6) is 11.5 Å². The van der Waals surface area contributed by atoms with Crippen LogP contribution in [0.2, 0.25) is 0 Å². The molecule has 198 valence electrons. The maximum absolute atomic E-state index is 15.0. The molecule has 2 aliphatic rings. The molecule has 1 saturated carbocycles. The summed E-state index contributed by atoms with van der Waals surface area (Å²) in [5, 5.41) is 9.38. The fourth-order valence-electron chi connectivity index (χ4n) is 5.68. The topological polar surface area (TPSA) is 55.8 Å². The van der Waals surface area contributed by atoms with Gasteiger partial charge in [0.05, 0.1) is 13.5 Å². The number of aliphatic carboxylic acids is 1. The smallest absolute Gasteiger partial charge is 0.303 e. The molecule has 0 heterocycles. The molecule has 5 heteroatoms. The first-order valence-electron chi connectivity index (χ1n) is 13.4. The highest BCUT2D eigenvalue weighted by atomic mass is 19.1. The fourth-order valence-corrected chi connectivity index (χ4v) is 5.68. The Morgan fingerprint density at radius 2 is 1.84 bits per heavy atom. The third-order valence-electron chi connectivity index (χ3n) is 7.96. The highest BCUT2D eigenvalue weighted by Crippen LogP contribution is 2.48. The maximum Gasteiger partial charge on any atom is 0.303 e. The second-order valence-corrected chi connectivity index (χ2v) is 11.2. The molecule has 38 heavy (non-hydrogen) atoms. The van der Waals surface area contributed by atoms with Crippen molar-refractivity contribution >= 4 is 11.5 Å². The Hall–Kier alpha value is -3.60. The molecule has 0 saturated heterocycles. The molecule has 0 aromatic heterocycles. The van der Waals surface area contributed by atoms with Crippen LogP contribution in [-0.2, 0) is 11.4 Å². The molecular formula is C33H35FO4. The number of carboxylic acids is 1. The van der Waals surface area contributed by atoms with Crippen LogP contribution in [0, 0.1) is 17.2 Å². The van der Waals surface area contributed by atoms with E-state index in [0.717, 1.165) is 53.7 Å². The van der Waals surface area contributed by atoms with Crippen LogP contribution in [-0.4, -0.2) is 18.2 Å². The Labute approximate surface area is 224 Å². The summed E-state index contributed by atoms with van der Waals surface area (Å²) in [6, 6.07) is 18.8. The van der Waals surface area contributed by atoms with Crippen molar-refractivity contribution in [3.8, 4) is 22.6 Å². The molecular weight excluding hydrogens is 479 g/mol. The van der Waals surface area contributed by atoms with E-state index in [1.54, 1.807) is 19.2 Å². The van der Waals surface area contributed by atoms with Crippen LogP contribution in [0.1, 0.15) is 68.6 Å². The minimum atomic E-state index is -0.766. The van der Waals surface area contributed by atoms with Gasteiger partial charge in [0.2, 0.25) is 0 Å². The predicted molar refractivity (Wildman–Crippen MR) is 148 cm³/mol. The third-order valence-corrected chi connectivity index (χ3v) is 7.96. The quantitative estimate of drug-likeness (QED) is 0.296. The average molecular weight is 515 g/mol. The predicted octanol–water partition coefficient (Wildman–Crippen LogP) is 8.25. The summed E-state index contributed by atoms with van der Waals surface area (Å²) in [5.41, 5.74) is 5.60. The molecule has 0 unspecified atom stereocenters. The van der Waals surface area contributed by atoms with Crippen molar-refractivity contribution in [3.63, 3.8) is 0 Å². The number of methoxy groups -OCH3 is 1. The Bertz CT molecular complexity index is 1370. The van der Waals surface area contributed by atoms with E-state index in [1.165, 1.54) is 11.6 Å². The molecule has 1 N–H and O–H groups in total. The van der Waals surface area contributed by atoms with Gasteiger partial charge in [-0.15, -0.1) is 0 Å². The van der Waals surface area contributed by atoms with E-state index in [0.29, 0.717) is 23.8 Å². The lowest BCUT2D eigenvalue weighted by Crippen LogP contribution is -2.10. The molecule has 0 radical (unpaired) electrons. The summed E-state index contributed by atoms with van der Waals surface area (Å²) in [6.07, 6.45) is 6.62. The Balaban J connectivity index is 1.44. The van der Waals surface area contributed by atoms with Crippen molar-refractivity contribution in [1.29, 1.82) is 0 Å². The van der Waals surface area contributed by atoms with Crippen molar-refractivity contribution in [2.75, 3.05) is 7.11 Å². The average Bonchev–Trinajstić information content (AvgIpc) is 3.68. The second-order valence-electron chi connectivity index (χ2n) is 11.2. The highest BCUT2D eigenvalue weighted by molar-refractivity contribution is 5.85. The maximum atomic E-state index is 15.0. The summed E-state index contributed by atoms with van der Waals surface area (Å²) < 4.78 is 26.6. The molecule has 3 aromatic rings. The van der Waals surface area contributed by atoms with E-state index in [9.17, 15) is 9.90 Å². The van der Waals surface area contributed by atoms with E-state index >= 15 is 4.39 Å². The molecule has 3 aromatic carbocycles. The van der Waals surface area contributed by atoms with Crippen LogP contribution in [0.25, 0.3) is 16.7 Å². The molecule has 0 aliphatic heterocycles. The molecule has 2 aliphatic carbocycles. The Morgan fingerprint density at radius 1 is 1.03 bits per heavy atom. The Morgan fingerprint density at radius 3 is 2.53 bits per heavy atom. The molecule has 0 bridgehead atoms. The van der Waals surface area contributed by atoms with Crippen molar-refractivity contribution < 1.29 is 23.8 Å². The van der Waals surface area contributed by atoms with Crippen LogP contribution in [0.15, 0.2) is 66.7 Å². The SMILES string of the molecule is COc1ccc(F)c(-c2ccc(COc3cccc([C@H](CC(=O)O)C4CC4)c3)cc2C2=CCCC2(C)C)c1. The number of hydrogen-bond donors (Lipinski definition) is 1. The lowest BCUT2D eigenvalue weighted by Gasteiger charge is -2.25. The zero-order chi connectivity index (χ0) is 26.9. The Kier molecular flexibility index (Phi) is 7.29. The van der Waals surface area contributed by atoms with Gasteiger partial charge < -0.3 is 14.6 Å². The number of carboxylic acid groups (broad SMARTS) is 1. The fraction of sp³-hybridized carbons (Fsp3) is 0.364. The summed E-state index contributed by atoms with van der Waals surface area (Å²) >= 11 is 0. The van der Waals surface area contributed by atoms with Crippen LogP contribution in [0.4, 0.5) is 4.39 Å².